The monoisotopic (exact) mass is 523 g/mol. The number of hydrogen-bond donors (Lipinski definition) is 2. The minimum atomic E-state index is -1.20. The highest BCUT2D eigenvalue weighted by Crippen LogP contribution is 2.33. The number of rotatable bonds is 6. The highest BCUT2D eigenvalue weighted by Gasteiger charge is 2.25. The lowest BCUT2D eigenvalue weighted by Gasteiger charge is -2.28. The van der Waals surface area contributed by atoms with Crippen LogP contribution in [0.5, 0.6) is 0 Å². The van der Waals surface area contributed by atoms with Crippen LogP contribution in [0.4, 0.5) is 5.69 Å². The fourth-order valence-corrected chi connectivity index (χ4v) is 4.81. The van der Waals surface area contributed by atoms with Gasteiger partial charge < -0.3 is 19.7 Å². The Hall–Kier alpha value is -3.65. The number of anilines is 1. The number of halogens is 1. The molecule has 9 heteroatoms. The fourth-order valence-electron chi connectivity index (χ4n) is 4.66. The summed E-state index contributed by atoms with van der Waals surface area (Å²) in [5, 5.41) is 13.3. The van der Waals surface area contributed by atoms with Crippen molar-refractivity contribution in [3.05, 3.63) is 73.9 Å². The number of hydrogen-bond acceptors (Lipinski definition) is 6. The van der Waals surface area contributed by atoms with Gasteiger partial charge in [0.25, 0.3) is 0 Å². The molecule has 3 heterocycles. The maximum Gasteiger partial charge on any atom is 0.356 e. The number of benzene rings is 1. The molecule has 1 amide bonds. The van der Waals surface area contributed by atoms with Crippen molar-refractivity contribution in [2.75, 3.05) is 18.4 Å². The summed E-state index contributed by atoms with van der Waals surface area (Å²) in [5.74, 6) is -0.662. The van der Waals surface area contributed by atoms with Crippen LogP contribution >= 0.6 is 11.6 Å². The molecule has 1 aliphatic heterocycles. The van der Waals surface area contributed by atoms with E-state index in [4.69, 9.17) is 16.0 Å². The van der Waals surface area contributed by atoms with Crippen LogP contribution in [-0.2, 0) is 4.79 Å². The summed E-state index contributed by atoms with van der Waals surface area (Å²) in [7, 11) is 0. The van der Waals surface area contributed by atoms with Gasteiger partial charge in [-0.2, -0.15) is 0 Å². The summed E-state index contributed by atoms with van der Waals surface area (Å²) in [5.41, 5.74) is 3.45. The Morgan fingerprint density at radius 1 is 1.19 bits per heavy atom. The van der Waals surface area contributed by atoms with Crippen molar-refractivity contribution in [2.24, 2.45) is 5.92 Å². The molecule has 0 saturated heterocycles. The third-order valence-corrected chi connectivity index (χ3v) is 6.81. The number of nitrogens with zero attached hydrogens (tertiary/aromatic N) is 2. The van der Waals surface area contributed by atoms with Gasteiger partial charge in [-0.3, -0.25) is 9.59 Å². The number of nitrogens with one attached hydrogen (secondary N) is 1. The van der Waals surface area contributed by atoms with Gasteiger partial charge in [-0.15, -0.1) is 0 Å². The van der Waals surface area contributed by atoms with Crippen LogP contribution < -0.4 is 10.7 Å². The Kier molecular flexibility index (Phi) is 7.41. The zero-order chi connectivity index (χ0) is 27.0. The normalized spacial score (nSPS) is 14.6. The number of aryl methyl sites for hydroxylation is 1. The zero-order valence-electron chi connectivity index (χ0n) is 21.5. The molecule has 194 valence electrons. The van der Waals surface area contributed by atoms with Crippen LogP contribution in [0.15, 0.2) is 39.6 Å². The largest absolute Gasteiger partial charge is 0.476 e. The predicted molar refractivity (Wildman–Crippen MR) is 144 cm³/mol. The molecule has 0 bridgehead atoms. The number of carboxylic acid groups (broad SMARTS) is 1. The van der Waals surface area contributed by atoms with E-state index < -0.39 is 12.0 Å². The minimum absolute atomic E-state index is 0.0763. The summed E-state index contributed by atoms with van der Waals surface area (Å²) in [6.07, 6.45) is 2.54. The maximum atomic E-state index is 13.4. The topological polar surface area (TPSA) is 113 Å². The zero-order valence-corrected chi connectivity index (χ0v) is 22.3. The van der Waals surface area contributed by atoms with Crippen LogP contribution in [0.1, 0.15) is 66.2 Å². The standard InChI is InChI=1S/C28H30ClN3O5/c1-14(2)27(34)32-10-8-18(9-11-32)25-16(4)24(33)20-13-15(3)12-19(26(20)37-25)17(5)30-21-6-7-22(29)31-23(21)28(35)36/h6-8,12-14,17,30H,9-11H2,1-5H3,(H,35,36)/t17-/m1/s1. The SMILES string of the molecule is Cc1cc([C@@H](C)Nc2ccc(Cl)nc2C(=O)O)c2oc(C3=CCN(C(=O)C(C)C)CC3)c(C)c(=O)c2c1. The Labute approximate surface area is 220 Å². The van der Waals surface area contributed by atoms with Gasteiger partial charge in [0.2, 0.25) is 5.91 Å². The van der Waals surface area contributed by atoms with Crippen molar-refractivity contribution in [3.63, 3.8) is 0 Å². The third kappa shape index (κ3) is 5.25. The minimum Gasteiger partial charge on any atom is -0.476 e. The van der Waals surface area contributed by atoms with Crippen LogP contribution in [0.25, 0.3) is 16.5 Å². The molecular formula is C28H30ClN3O5. The second-order valence-corrected chi connectivity index (χ2v) is 10.1. The Morgan fingerprint density at radius 2 is 1.92 bits per heavy atom. The van der Waals surface area contributed by atoms with Gasteiger partial charge in [-0.05, 0) is 56.5 Å². The van der Waals surface area contributed by atoms with Gasteiger partial charge in [-0.25, -0.2) is 9.78 Å². The summed E-state index contributed by atoms with van der Waals surface area (Å²) in [6.45, 7) is 10.3. The van der Waals surface area contributed by atoms with E-state index in [0.29, 0.717) is 53.1 Å². The number of carbonyl (C=O) groups is 2. The van der Waals surface area contributed by atoms with Gasteiger partial charge >= 0.3 is 5.97 Å². The predicted octanol–water partition coefficient (Wildman–Crippen LogP) is 5.60. The van der Waals surface area contributed by atoms with Gasteiger partial charge in [0.1, 0.15) is 16.5 Å². The summed E-state index contributed by atoms with van der Waals surface area (Å²) >= 11 is 5.90. The van der Waals surface area contributed by atoms with Crippen molar-refractivity contribution >= 4 is 45.7 Å². The smallest absolute Gasteiger partial charge is 0.356 e. The molecule has 3 aromatic rings. The summed E-state index contributed by atoms with van der Waals surface area (Å²) in [6, 6.07) is 6.39. The first-order valence-corrected chi connectivity index (χ1v) is 12.6. The van der Waals surface area contributed by atoms with Gasteiger partial charge in [0.05, 0.1) is 17.1 Å². The lowest BCUT2D eigenvalue weighted by atomic mass is 9.97. The second-order valence-electron chi connectivity index (χ2n) is 9.74. The van der Waals surface area contributed by atoms with E-state index in [0.717, 1.165) is 11.1 Å². The Bertz CT molecular complexity index is 1490. The van der Waals surface area contributed by atoms with Crippen molar-refractivity contribution < 1.29 is 19.1 Å². The van der Waals surface area contributed by atoms with E-state index in [2.05, 4.69) is 10.3 Å². The first-order chi connectivity index (χ1) is 17.5. The van der Waals surface area contributed by atoms with Crippen molar-refractivity contribution in [1.29, 1.82) is 0 Å². The molecule has 0 aliphatic carbocycles. The van der Waals surface area contributed by atoms with Crippen molar-refractivity contribution in [1.82, 2.24) is 9.88 Å². The molecule has 1 aromatic carbocycles. The van der Waals surface area contributed by atoms with Crippen LogP contribution in [-0.4, -0.2) is 40.0 Å². The van der Waals surface area contributed by atoms with Crippen molar-refractivity contribution in [3.8, 4) is 0 Å². The van der Waals surface area contributed by atoms with E-state index in [1.54, 1.807) is 19.1 Å². The molecule has 8 nitrogen and oxygen atoms in total. The lowest BCUT2D eigenvalue weighted by molar-refractivity contribution is -0.134. The summed E-state index contributed by atoms with van der Waals surface area (Å²) in [4.78, 5) is 43.3. The number of aromatic carboxylic acids is 1. The van der Waals surface area contributed by atoms with Crippen LogP contribution in [0.3, 0.4) is 0 Å². The van der Waals surface area contributed by atoms with E-state index >= 15 is 0 Å². The number of aromatic nitrogens is 1. The first kappa shape index (κ1) is 26.4. The lowest BCUT2D eigenvalue weighted by Crippen LogP contribution is -2.37. The highest BCUT2D eigenvalue weighted by atomic mass is 35.5. The van der Waals surface area contributed by atoms with E-state index in [9.17, 15) is 19.5 Å². The molecule has 2 aromatic heterocycles. The molecule has 2 N–H and O–H groups in total. The second kappa shape index (κ2) is 10.4. The van der Waals surface area contributed by atoms with E-state index in [1.807, 2.05) is 44.7 Å². The molecule has 0 spiro atoms. The number of pyridine rings is 1. The average molecular weight is 524 g/mol. The Balaban J connectivity index is 1.78. The highest BCUT2D eigenvalue weighted by molar-refractivity contribution is 6.29. The van der Waals surface area contributed by atoms with E-state index in [1.165, 1.54) is 6.07 Å². The molecule has 4 rings (SSSR count). The quantitative estimate of drug-likeness (QED) is 0.404. The Morgan fingerprint density at radius 3 is 2.54 bits per heavy atom. The molecule has 0 fully saturated rings. The van der Waals surface area contributed by atoms with Gasteiger partial charge in [0, 0.05) is 30.1 Å². The maximum absolute atomic E-state index is 13.4. The van der Waals surface area contributed by atoms with Crippen molar-refractivity contribution in [2.45, 2.75) is 47.1 Å². The van der Waals surface area contributed by atoms with Gasteiger partial charge in [-0.1, -0.05) is 37.6 Å². The van der Waals surface area contributed by atoms with Gasteiger partial charge in [0.15, 0.2) is 11.1 Å². The third-order valence-electron chi connectivity index (χ3n) is 6.60. The number of fused-ring (bicyclic) bond motifs is 1. The molecule has 1 atom stereocenters. The number of carbonyl (C=O) groups excluding carboxylic acids is 1. The molecule has 0 saturated carbocycles. The number of carboxylic acids is 1. The fraction of sp³-hybridized carbons (Fsp3) is 0.357. The number of amides is 1. The molecule has 37 heavy (non-hydrogen) atoms. The molecular weight excluding hydrogens is 494 g/mol. The van der Waals surface area contributed by atoms with E-state index in [-0.39, 0.29) is 28.1 Å². The average Bonchev–Trinajstić information content (AvgIpc) is 2.86. The first-order valence-electron chi connectivity index (χ1n) is 12.2. The molecule has 0 radical (unpaired) electrons. The molecule has 0 unspecified atom stereocenters. The molecule has 1 aliphatic rings. The van der Waals surface area contributed by atoms with Crippen LogP contribution in [0, 0.1) is 19.8 Å². The summed E-state index contributed by atoms with van der Waals surface area (Å²) < 4.78 is 6.43. The van der Waals surface area contributed by atoms with Crippen LogP contribution in [0.2, 0.25) is 5.15 Å².